The molecule has 0 saturated heterocycles. The summed E-state index contributed by atoms with van der Waals surface area (Å²) in [5.41, 5.74) is 0. The van der Waals surface area contributed by atoms with Gasteiger partial charge in [-0.25, -0.2) is 0 Å². The highest BCUT2D eigenvalue weighted by molar-refractivity contribution is 4.94. The molecule has 0 radical (unpaired) electrons. The first-order chi connectivity index (χ1) is 6.27. The number of rotatable bonds is 4. The Morgan fingerprint density at radius 1 is 1.69 bits per heavy atom. The largest absolute Gasteiger partial charge is 0.371 e. The normalized spacial score (nSPS) is 12.4. The van der Waals surface area contributed by atoms with Crippen LogP contribution in [0.3, 0.4) is 0 Å². The number of nitrogens with zero attached hydrogens (tertiary/aromatic N) is 3. The molecule has 1 heterocycles. The van der Waals surface area contributed by atoms with Gasteiger partial charge in [0.1, 0.15) is 12.5 Å². The molecule has 70 valence electrons. The molecular weight excluding hydrogens is 170 g/mol. The predicted octanol–water partition coefficient (Wildman–Crippen LogP) is 1.23. The Labute approximate surface area is 76.3 Å². The molecule has 0 bridgehead atoms. The third-order valence-electron chi connectivity index (χ3n) is 1.49. The summed E-state index contributed by atoms with van der Waals surface area (Å²) in [4.78, 5) is 3.99. The van der Waals surface area contributed by atoms with Crippen LogP contribution in [0.1, 0.15) is 31.7 Å². The zero-order valence-corrected chi connectivity index (χ0v) is 7.65. The van der Waals surface area contributed by atoms with Crippen molar-refractivity contribution in [1.29, 1.82) is 5.26 Å². The maximum Gasteiger partial charge on any atom is 0.240 e. The van der Waals surface area contributed by atoms with E-state index in [9.17, 15) is 0 Å². The summed E-state index contributed by atoms with van der Waals surface area (Å²) in [6.07, 6.45) is -0.0348. The van der Waals surface area contributed by atoms with Gasteiger partial charge in [0.05, 0.1) is 6.07 Å². The highest BCUT2D eigenvalue weighted by atomic mass is 16.5. The SMILES string of the molecule is CCOC(C)c1noc(CC#N)n1. The minimum atomic E-state index is -0.179. The number of hydrogen-bond donors (Lipinski definition) is 0. The summed E-state index contributed by atoms with van der Waals surface area (Å²) in [6.45, 7) is 4.33. The van der Waals surface area contributed by atoms with Gasteiger partial charge < -0.3 is 9.26 Å². The van der Waals surface area contributed by atoms with Crippen LogP contribution in [0.2, 0.25) is 0 Å². The Morgan fingerprint density at radius 2 is 2.46 bits per heavy atom. The Morgan fingerprint density at radius 3 is 3.08 bits per heavy atom. The van der Waals surface area contributed by atoms with Crippen LogP contribution in [-0.4, -0.2) is 16.7 Å². The van der Waals surface area contributed by atoms with Crippen LogP contribution in [0.4, 0.5) is 0 Å². The zero-order valence-electron chi connectivity index (χ0n) is 7.65. The van der Waals surface area contributed by atoms with Gasteiger partial charge in [-0.1, -0.05) is 5.16 Å². The Balaban J connectivity index is 2.63. The van der Waals surface area contributed by atoms with Crippen molar-refractivity contribution >= 4 is 0 Å². The maximum atomic E-state index is 8.36. The number of hydrogen-bond acceptors (Lipinski definition) is 5. The minimum Gasteiger partial charge on any atom is -0.371 e. The molecule has 1 aromatic heterocycles. The lowest BCUT2D eigenvalue weighted by Crippen LogP contribution is -2.01. The second-order valence-corrected chi connectivity index (χ2v) is 2.48. The van der Waals surface area contributed by atoms with Gasteiger partial charge in [-0.05, 0) is 13.8 Å². The third kappa shape index (κ3) is 2.53. The van der Waals surface area contributed by atoms with Crippen LogP contribution in [0, 0.1) is 11.3 Å². The second-order valence-electron chi connectivity index (χ2n) is 2.48. The lowest BCUT2D eigenvalue weighted by Gasteiger charge is -2.04. The first kappa shape index (κ1) is 9.68. The fourth-order valence-corrected chi connectivity index (χ4v) is 0.897. The van der Waals surface area contributed by atoms with E-state index in [1.165, 1.54) is 0 Å². The maximum absolute atomic E-state index is 8.36. The van der Waals surface area contributed by atoms with Gasteiger partial charge in [0.25, 0.3) is 0 Å². The topological polar surface area (TPSA) is 71.9 Å². The Hall–Kier alpha value is -1.41. The van der Waals surface area contributed by atoms with E-state index in [-0.39, 0.29) is 12.5 Å². The van der Waals surface area contributed by atoms with E-state index in [1.807, 2.05) is 19.9 Å². The monoisotopic (exact) mass is 181 g/mol. The summed E-state index contributed by atoms with van der Waals surface area (Å²) < 4.78 is 10.1. The smallest absolute Gasteiger partial charge is 0.240 e. The Bertz CT molecular complexity index is 303. The molecule has 1 unspecified atom stereocenters. The van der Waals surface area contributed by atoms with Crippen molar-refractivity contribution in [3.8, 4) is 6.07 Å². The van der Waals surface area contributed by atoms with Crippen molar-refractivity contribution < 1.29 is 9.26 Å². The van der Waals surface area contributed by atoms with Gasteiger partial charge in [-0.3, -0.25) is 0 Å². The molecule has 1 rings (SSSR count). The lowest BCUT2D eigenvalue weighted by atomic mass is 10.4. The van der Waals surface area contributed by atoms with Gasteiger partial charge in [0.2, 0.25) is 5.89 Å². The van der Waals surface area contributed by atoms with E-state index in [4.69, 9.17) is 14.5 Å². The Kier molecular flexibility index (Phi) is 3.41. The summed E-state index contributed by atoms with van der Waals surface area (Å²) in [7, 11) is 0. The van der Waals surface area contributed by atoms with E-state index in [0.717, 1.165) is 0 Å². The van der Waals surface area contributed by atoms with Crippen molar-refractivity contribution in [2.45, 2.75) is 26.4 Å². The molecule has 0 aromatic carbocycles. The third-order valence-corrected chi connectivity index (χ3v) is 1.49. The highest BCUT2D eigenvalue weighted by Gasteiger charge is 2.12. The molecule has 0 saturated carbocycles. The van der Waals surface area contributed by atoms with Crippen molar-refractivity contribution in [3.63, 3.8) is 0 Å². The molecule has 0 aliphatic rings. The molecule has 0 aliphatic heterocycles. The number of aromatic nitrogens is 2. The van der Waals surface area contributed by atoms with Crippen molar-refractivity contribution in [3.05, 3.63) is 11.7 Å². The fourth-order valence-electron chi connectivity index (χ4n) is 0.897. The molecule has 1 aromatic rings. The average Bonchev–Trinajstić information content (AvgIpc) is 2.54. The average molecular weight is 181 g/mol. The van der Waals surface area contributed by atoms with Crippen LogP contribution in [0.5, 0.6) is 0 Å². The molecule has 5 nitrogen and oxygen atoms in total. The molecule has 5 heteroatoms. The van der Waals surface area contributed by atoms with Gasteiger partial charge >= 0.3 is 0 Å². The summed E-state index contributed by atoms with van der Waals surface area (Å²) in [5.74, 6) is 0.830. The lowest BCUT2D eigenvalue weighted by molar-refractivity contribution is 0.0683. The minimum absolute atomic E-state index is 0.145. The van der Waals surface area contributed by atoms with Crippen LogP contribution in [-0.2, 0) is 11.2 Å². The van der Waals surface area contributed by atoms with Crippen molar-refractivity contribution in [1.82, 2.24) is 10.1 Å². The van der Waals surface area contributed by atoms with Crippen LogP contribution in [0.25, 0.3) is 0 Å². The van der Waals surface area contributed by atoms with Gasteiger partial charge in [-0.15, -0.1) is 0 Å². The molecule has 0 fully saturated rings. The van der Waals surface area contributed by atoms with Crippen LogP contribution >= 0.6 is 0 Å². The molecule has 13 heavy (non-hydrogen) atoms. The van der Waals surface area contributed by atoms with Gasteiger partial charge in [-0.2, -0.15) is 10.2 Å². The van der Waals surface area contributed by atoms with E-state index in [1.54, 1.807) is 0 Å². The summed E-state index contributed by atoms with van der Waals surface area (Å²) >= 11 is 0. The fraction of sp³-hybridized carbons (Fsp3) is 0.625. The van der Waals surface area contributed by atoms with Crippen LogP contribution < -0.4 is 0 Å². The highest BCUT2D eigenvalue weighted by Crippen LogP contribution is 2.12. The van der Waals surface area contributed by atoms with Crippen molar-refractivity contribution in [2.75, 3.05) is 6.61 Å². The standard InChI is InChI=1S/C8H11N3O2/c1-3-12-6(2)8-10-7(4-5-9)13-11-8/h6H,3-4H2,1-2H3. The van der Waals surface area contributed by atoms with Crippen molar-refractivity contribution in [2.24, 2.45) is 0 Å². The van der Waals surface area contributed by atoms with E-state index >= 15 is 0 Å². The first-order valence-electron chi connectivity index (χ1n) is 4.09. The zero-order chi connectivity index (χ0) is 9.68. The molecule has 0 spiro atoms. The summed E-state index contributed by atoms with van der Waals surface area (Å²) in [5, 5.41) is 12.1. The van der Waals surface area contributed by atoms with E-state index in [0.29, 0.717) is 18.3 Å². The molecule has 0 aliphatic carbocycles. The molecule has 1 atom stereocenters. The van der Waals surface area contributed by atoms with Gasteiger partial charge in [0.15, 0.2) is 5.82 Å². The second kappa shape index (κ2) is 4.58. The number of nitriles is 1. The molecule has 0 N–H and O–H groups in total. The molecular formula is C8H11N3O2. The van der Waals surface area contributed by atoms with E-state index in [2.05, 4.69) is 10.1 Å². The van der Waals surface area contributed by atoms with E-state index < -0.39 is 0 Å². The first-order valence-corrected chi connectivity index (χ1v) is 4.09. The molecule has 0 amide bonds. The number of ether oxygens (including phenoxy) is 1. The summed E-state index contributed by atoms with van der Waals surface area (Å²) in [6, 6.07) is 1.93. The predicted molar refractivity (Wildman–Crippen MR) is 43.7 cm³/mol. The van der Waals surface area contributed by atoms with Crippen LogP contribution in [0.15, 0.2) is 4.52 Å². The quantitative estimate of drug-likeness (QED) is 0.698. The van der Waals surface area contributed by atoms with Gasteiger partial charge in [0, 0.05) is 6.61 Å².